The van der Waals surface area contributed by atoms with Gasteiger partial charge in [-0.25, -0.2) is 0 Å². The van der Waals surface area contributed by atoms with Crippen LogP contribution in [0.3, 0.4) is 0 Å². The summed E-state index contributed by atoms with van der Waals surface area (Å²) in [4.78, 5) is 12.7. The number of rotatable bonds is 4. The van der Waals surface area contributed by atoms with E-state index in [-0.39, 0.29) is 5.91 Å². The van der Waals surface area contributed by atoms with E-state index in [9.17, 15) is 4.79 Å². The van der Waals surface area contributed by atoms with Gasteiger partial charge in [-0.3, -0.25) is 9.48 Å². The Balaban J connectivity index is 1.50. The Morgan fingerprint density at radius 2 is 2.00 bits per heavy atom. The number of carbonyl (C=O) groups excluding carboxylic acids is 1. The Labute approximate surface area is 153 Å². The molecule has 5 nitrogen and oxygen atoms in total. The van der Waals surface area contributed by atoms with Gasteiger partial charge in [0.25, 0.3) is 5.91 Å². The van der Waals surface area contributed by atoms with Crippen molar-refractivity contribution in [2.75, 3.05) is 6.54 Å². The molecule has 0 aliphatic carbocycles. The largest absolute Gasteiger partial charge is 0.346 e. The van der Waals surface area contributed by atoms with Gasteiger partial charge in [0, 0.05) is 18.7 Å². The fourth-order valence-electron chi connectivity index (χ4n) is 3.28. The third kappa shape index (κ3) is 3.39. The minimum Gasteiger partial charge on any atom is -0.346 e. The van der Waals surface area contributed by atoms with Crippen LogP contribution in [-0.2, 0) is 19.6 Å². The van der Waals surface area contributed by atoms with Crippen LogP contribution in [0, 0.1) is 6.92 Å². The standard InChI is InChI=1S/C21H22N4O/c1-15-7-8-17(16-5-3-2-4-6-16)11-20(15)21(26)23-13-18-12-19-14-22-9-10-25(19)24-18/h2-8,11-12,22H,9-10,13-14H2,1H3,(H,23,26). The van der Waals surface area contributed by atoms with E-state index in [1.165, 1.54) is 5.69 Å². The van der Waals surface area contributed by atoms with Crippen LogP contribution in [-0.4, -0.2) is 22.2 Å². The number of nitrogens with zero attached hydrogens (tertiary/aromatic N) is 2. The molecule has 0 fully saturated rings. The van der Waals surface area contributed by atoms with Gasteiger partial charge in [-0.05, 0) is 35.7 Å². The summed E-state index contributed by atoms with van der Waals surface area (Å²) in [5, 5.41) is 10.9. The third-order valence-corrected chi connectivity index (χ3v) is 4.74. The molecule has 0 saturated heterocycles. The van der Waals surface area contributed by atoms with Gasteiger partial charge in [0.1, 0.15) is 0 Å². The molecule has 0 radical (unpaired) electrons. The van der Waals surface area contributed by atoms with Crippen molar-refractivity contribution in [2.45, 2.75) is 26.6 Å². The number of amides is 1. The van der Waals surface area contributed by atoms with E-state index in [1.807, 2.05) is 41.9 Å². The molecule has 1 aromatic heterocycles. The monoisotopic (exact) mass is 346 g/mol. The quantitative estimate of drug-likeness (QED) is 0.764. The van der Waals surface area contributed by atoms with E-state index < -0.39 is 0 Å². The van der Waals surface area contributed by atoms with Crippen LogP contribution in [0.2, 0.25) is 0 Å². The van der Waals surface area contributed by atoms with Crippen molar-refractivity contribution in [1.29, 1.82) is 0 Å². The zero-order valence-electron chi connectivity index (χ0n) is 14.8. The van der Waals surface area contributed by atoms with Crippen molar-refractivity contribution in [3.05, 3.63) is 77.1 Å². The zero-order chi connectivity index (χ0) is 17.9. The maximum absolute atomic E-state index is 12.7. The number of aromatic nitrogens is 2. The second-order valence-electron chi connectivity index (χ2n) is 6.61. The average molecular weight is 346 g/mol. The summed E-state index contributed by atoms with van der Waals surface area (Å²) in [5.41, 5.74) is 5.89. The summed E-state index contributed by atoms with van der Waals surface area (Å²) < 4.78 is 2.01. The normalized spacial score (nSPS) is 13.3. The number of nitrogens with one attached hydrogen (secondary N) is 2. The predicted molar refractivity (Wildman–Crippen MR) is 102 cm³/mol. The van der Waals surface area contributed by atoms with Crippen molar-refractivity contribution >= 4 is 5.91 Å². The summed E-state index contributed by atoms with van der Waals surface area (Å²) in [5.74, 6) is -0.0654. The van der Waals surface area contributed by atoms with Gasteiger partial charge < -0.3 is 10.6 Å². The molecule has 1 amide bonds. The van der Waals surface area contributed by atoms with E-state index in [0.29, 0.717) is 12.1 Å². The Kier molecular flexibility index (Phi) is 4.54. The van der Waals surface area contributed by atoms with Crippen LogP contribution < -0.4 is 10.6 Å². The molecule has 0 unspecified atom stereocenters. The first-order valence-corrected chi connectivity index (χ1v) is 8.91. The molecule has 3 aromatic rings. The molecule has 26 heavy (non-hydrogen) atoms. The van der Waals surface area contributed by atoms with Crippen LogP contribution in [0.1, 0.15) is 27.3 Å². The van der Waals surface area contributed by atoms with E-state index >= 15 is 0 Å². The van der Waals surface area contributed by atoms with Crippen molar-refractivity contribution < 1.29 is 4.79 Å². The number of hydrogen-bond acceptors (Lipinski definition) is 3. The highest BCUT2D eigenvalue weighted by molar-refractivity contribution is 5.96. The average Bonchev–Trinajstić information content (AvgIpc) is 3.10. The molecule has 0 spiro atoms. The smallest absolute Gasteiger partial charge is 0.251 e. The molecule has 2 heterocycles. The summed E-state index contributed by atoms with van der Waals surface area (Å²) in [6.45, 7) is 5.05. The van der Waals surface area contributed by atoms with Crippen molar-refractivity contribution in [3.8, 4) is 11.1 Å². The van der Waals surface area contributed by atoms with Crippen LogP contribution in [0.4, 0.5) is 0 Å². The van der Waals surface area contributed by atoms with Crippen molar-refractivity contribution in [3.63, 3.8) is 0 Å². The molecule has 1 aliphatic heterocycles. The van der Waals surface area contributed by atoms with E-state index in [4.69, 9.17) is 0 Å². The van der Waals surface area contributed by atoms with Crippen LogP contribution in [0.25, 0.3) is 11.1 Å². The van der Waals surface area contributed by atoms with E-state index in [0.717, 1.165) is 42.0 Å². The fraction of sp³-hybridized carbons (Fsp3) is 0.238. The second kappa shape index (κ2) is 7.14. The van der Waals surface area contributed by atoms with Crippen LogP contribution >= 0.6 is 0 Å². The van der Waals surface area contributed by atoms with Gasteiger partial charge in [-0.2, -0.15) is 5.10 Å². The molecule has 2 aromatic carbocycles. The molecule has 1 aliphatic rings. The van der Waals surface area contributed by atoms with Gasteiger partial charge in [0.15, 0.2) is 0 Å². The van der Waals surface area contributed by atoms with Gasteiger partial charge in [0.2, 0.25) is 0 Å². The molecular formula is C21H22N4O. The number of carbonyl (C=O) groups is 1. The van der Waals surface area contributed by atoms with E-state index in [2.05, 4.69) is 40.0 Å². The Morgan fingerprint density at radius 3 is 2.81 bits per heavy atom. The van der Waals surface area contributed by atoms with Crippen LogP contribution in [0.15, 0.2) is 54.6 Å². The number of hydrogen-bond donors (Lipinski definition) is 2. The first-order chi connectivity index (χ1) is 12.7. The topological polar surface area (TPSA) is 59.0 Å². The summed E-state index contributed by atoms with van der Waals surface area (Å²) in [6, 6.07) is 18.2. The zero-order valence-corrected chi connectivity index (χ0v) is 14.8. The summed E-state index contributed by atoms with van der Waals surface area (Å²) in [6.07, 6.45) is 0. The Bertz CT molecular complexity index is 907. The highest BCUT2D eigenvalue weighted by atomic mass is 16.1. The first-order valence-electron chi connectivity index (χ1n) is 8.91. The molecule has 132 valence electrons. The number of aryl methyl sites for hydroxylation is 1. The maximum Gasteiger partial charge on any atom is 0.251 e. The fourth-order valence-corrected chi connectivity index (χ4v) is 3.28. The number of benzene rings is 2. The SMILES string of the molecule is Cc1ccc(-c2ccccc2)cc1C(=O)NCc1cc2n(n1)CCNC2. The lowest BCUT2D eigenvalue weighted by atomic mass is 9.99. The lowest BCUT2D eigenvalue weighted by Gasteiger charge is -2.13. The van der Waals surface area contributed by atoms with Crippen molar-refractivity contribution in [2.24, 2.45) is 0 Å². The minimum atomic E-state index is -0.0654. The Hall–Kier alpha value is -2.92. The second-order valence-corrected chi connectivity index (χ2v) is 6.61. The molecular weight excluding hydrogens is 324 g/mol. The molecule has 0 bridgehead atoms. The molecule has 5 heteroatoms. The predicted octanol–water partition coefficient (Wildman–Crippen LogP) is 2.89. The molecule has 4 rings (SSSR count). The highest BCUT2D eigenvalue weighted by Gasteiger charge is 2.14. The third-order valence-electron chi connectivity index (χ3n) is 4.74. The molecule has 0 saturated carbocycles. The van der Waals surface area contributed by atoms with Gasteiger partial charge in [-0.15, -0.1) is 0 Å². The number of fused-ring (bicyclic) bond motifs is 1. The summed E-state index contributed by atoms with van der Waals surface area (Å²) in [7, 11) is 0. The molecule has 0 atom stereocenters. The van der Waals surface area contributed by atoms with Gasteiger partial charge in [-0.1, -0.05) is 42.5 Å². The lowest BCUT2D eigenvalue weighted by Crippen LogP contribution is -2.28. The van der Waals surface area contributed by atoms with Crippen molar-refractivity contribution in [1.82, 2.24) is 20.4 Å². The Morgan fingerprint density at radius 1 is 1.15 bits per heavy atom. The minimum absolute atomic E-state index is 0.0654. The lowest BCUT2D eigenvalue weighted by molar-refractivity contribution is 0.0949. The maximum atomic E-state index is 12.7. The van der Waals surface area contributed by atoms with E-state index in [1.54, 1.807) is 0 Å². The summed E-state index contributed by atoms with van der Waals surface area (Å²) >= 11 is 0. The van der Waals surface area contributed by atoms with Gasteiger partial charge >= 0.3 is 0 Å². The van der Waals surface area contributed by atoms with Gasteiger partial charge in [0.05, 0.1) is 24.5 Å². The highest BCUT2D eigenvalue weighted by Crippen LogP contribution is 2.22. The first kappa shape index (κ1) is 16.5. The molecule has 2 N–H and O–H groups in total. The van der Waals surface area contributed by atoms with Crippen LogP contribution in [0.5, 0.6) is 0 Å².